The van der Waals surface area contributed by atoms with Crippen molar-refractivity contribution >= 4 is 5.97 Å². The lowest BCUT2D eigenvalue weighted by atomic mass is 9.99. The zero-order valence-electron chi connectivity index (χ0n) is 8.11. The molecule has 1 aliphatic rings. The summed E-state index contributed by atoms with van der Waals surface area (Å²) in [5, 5.41) is 37.0. The largest absolute Gasteiger partial charge is 0.454 e. The van der Waals surface area contributed by atoms with Crippen LogP contribution in [-0.2, 0) is 14.3 Å². The molecule has 1 fully saturated rings. The lowest BCUT2D eigenvalue weighted by molar-refractivity contribution is -0.290. The molecule has 7 nitrogen and oxygen atoms in total. The Labute approximate surface area is 85.9 Å². The highest BCUT2D eigenvalue weighted by atomic mass is 16.7. The van der Waals surface area contributed by atoms with E-state index in [0.717, 1.165) is 6.92 Å². The fourth-order valence-electron chi connectivity index (χ4n) is 1.39. The van der Waals surface area contributed by atoms with Crippen LogP contribution in [0.3, 0.4) is 0 Å². The van der Waals surface area contributed by atoms with Gasteiger partial charge in [-0.15, -0.1) is 0 Å². The average Bonchev–Trinajstić information content (AvgIpc) is 2.18. The zero-order valence-corrected chi connectivity index (χ0v) is 8.11. The van der Waals surface area contributed by atoms with E-state index in [1.807, 2.05) is 0 Å². The zero-order chi connectivity index (χ0) is 11.6. The standard InChI is InChI=1S/C8H14O7/c1-3(10)14-7-6(12)5(11)4(2-9)15-8(7)13/h4-9,11-13H,2H2,1H3/t4-,5-,6+,7-,8+/m1/s1. The van der Waals surface area contributed by atoms with Crippen molar-refractivity contribution in [2.75, 3.05) is 6.61 Å². The van der Waals surface area contributed by atoms with E-state index in [1.54, 1.807) is 0 Å². The molecule has 88 valence electrons. The summed E-state index contributed by atoms with van der Waals surface area (Å²) in [4.78, 5) is 10.6. The van der Waals surface area contributed by atoms with Gasteiger partial charge in [-0.2, -0.15) is 0 Å². The SMILES string of the molecule is CC(=O)O[C@@H]1[C@@H](O)[C@H](O)[C@@H](CO)O[C@@H]1O. The number of hydrogen-bond acceptors (Lipinski definition) is 7. The van der Waals surface area contributed by atoms with Crippen LogP contribution < -0.4 is 0 Å². The van der Waals surface area contributed by atoms with Crippen LogP contribution in [0, 0.1) is 0 Å². The summed E-state index contributed by atoms with van der Waals surface area (Å²) in [6.07, 6.45) is -6.91. The van der Waals surface area contributed by atoms with Gasteiger partial charge in [-0.05, 0) is 0 Å². The first-order valence-corrected chi connectivity index (χ1v) is 4.45. The van der Waals surface area contributed by atoms with Gasteiger partial charge in [-0.1, -0.05) is 0 Å². The normalized spacial score (nSPS) is 41.3. The van der Waals surface area contributed by atoms with Gasteiger partial charge in [0, 0.05) is 6.92 Å². The molecule has 0 aromatic heterocycles. The minimum absolute atomic E-state index is 0.553. The van der Waals surface area contributed by atoms with Crippen molar-refractivity contribution < 1.29 is 34.7 Å². The van der Waals surface area contributed by atoms with Crippen LogP contribution in [-0.4, -0.2) is 63.7 Å². The van der Waals surface area contributed by atoms with E-state index in [9.17, 15) is 20.1 Å². The van der Waals surface area contributed by atoms with Gasteiger partial charge in [0.15, 0.2) is 12.4 Å². The van der Waals surface area contributed by atoms with Gasteiger partial charge in [0.1, 0.15) is 18.3 Å². The van der Waals surface area contributed by atoms with E-state index in [0.29, 0.717) is 0 Å². The van der Waals surface area contributed by atoms with Gasteiger partial charge in [-0.3, -0.25) is 4.79 Å². The highest BCUT2D eigenvalue weighted by Crippen LogP contribution is 2.22. The van der Waals surface area contributed by atoms with Crippen molar-refractivity contribution in [2.24, 2.45) is 0 Å². The first-order chi connectivity index (χ1) is 6.97. The number of aliphatic hydroxyl groups is 4. The number of ether oxygens (including phenoxy) is 2. The summed E-state index contributed by atoms with van der Waals surface area (Å²) in [6, 6.07) is 0. The molecule has 7 heteroatoms. The van der Waals surface area contributed by atoms with Gasteiger partial charge in [-0.25, -0.2) is 0 Å². The molecule has 1 rings (SSSR count). The molecular formula is C8H14O7. The Kier molecular flexibility index (Phi) is 4.00. The Morgan fingerprint density at radius 3 is 2.40 bits per heavy atom. The molecule has 0 amide bonds. The molecule has 0 bridgehead atoms. The second-order valence-electron chi connectivity index (χ2n) is 3.30. The van der Waals surface area contributed by atoms with E-state index in [4.69, 9.17) is 9.84 Å². The minimum atomic E-state index is -1.57. The molecule has 5 atom stereocenters. The van der Waals surface area contributed by atoms with E-state index < -0.39 is 43.3 Å². The molecule has 1 saturated heterocycles. The molecule has 1 heterocycles. The van der Waals surface area contributed by atoms with Crippen molar-refractivity contribution in [3.63, 3.8) is 0 Å². The molecule has 0 aliphatic carbocycles. The van der Waals surface area contributed by atoms with Gasteiger partial charge < -0.3 is 29.9 Å². The fourth-order valence-corrected chi connectivity index (χ4v) is 1.39. The van der Waals surface area contributed by atoms with E-state index in [-0.39, 0.29) is 0 Å². The van der Waals surface area contributed by atoms with Crippen LogP contribution in [0.1, 0.15) is 6.92 Å². The predicted molar refractivity (Wildman–Crippen MR) is 45.5 cm³/mol. The van der Waals surface area contributed by atoms with E-state index in [2.05, 4.69) is 4.74 Å². The number of carbonyl (C=O) groups is 1. The molecule has 1 aliphatic heterocycles. The highest BCUT2D eigenvalue weighted by Gasteiger charge is 2.45. The van der Waals surface area contributed by atoms with Crippen LogP contribution in [0.4, 0.5) is 0 Å². The smallest absolute Gasteiger partial charge is 0.303 e. The summed E-state index contributed by atoms with van der Waals surface area (Å²) in [5.41, 5.74) is 0. The molecule has 0 spiro atoms. The van der Waals surface area contributed by atoms with Crippen LogP contribution >= 0.6 is 0 Å². The average molecular weight is 222 g/mol. The second kappa shape index (κ2) is 4.86. The summed E-state index contributed by atoms with van der Waals surface area (Å²) in [7, 11) is 0. The summed E-state index contributed by atoms with van der Waals surface area (Å²) in [6.45, 7) is 0.548. The lowest BCUT2D eigenvalue weighted by Gasteiger charge is -2.39. The number of carbonyl (C=O) groups excluding carboxylic acids is 1. The first kappa shape index (κ1) is 12.3. The van der Waals surface area contributed by atoms with Crippen molar-refractivity contribution in [1.29, 1.82) is 0 Å². The maximum Gasteiger partial charge on any atom is 0.303 e. The third kappa shape index (κ3) is 2.64. The second-order valence-corrected chi connectivity index (χ2v) is 3.30. The fraction of sp³-hybridized carbons (Fsp3) is 0.875. The molecule has 4 N–H and O–H groups in total. The number of hydrogen-bond donors (Lipinski definition) is 4. The highest BCUT2D eigenvalue weighted by molar-refractivity contribution is 5.66. The molecule has 15 heavy (non-hydrogen) atoms. The quantitative estimate of drug-likeness (QED) is 0.377. The van der Waals surface area contributed by atoms with Gasteiger partial charge in [0.05, 0.1) is 6.61 Å². The van der Waals surface area contributed by atoms with Crippen LogP contribution in [0.5, 0.6) is 0 Å². The van der Waals surface area contributed by atoms with Crippen molar-refractivity contribution in [2.45, 2.75) is 37.6 Å². The molecule has 0 aromatic carbocycles. The number of esters is 1. The summed E-state index contributed by atoms with van der Waals surface area (Å²) in [5.74, 6) is -0.712. The van der Waals surface area contributed by atoms with Gasteiger partial charge >= 0.3 is 5.97 Å². The predicted octanol–water partition coefficient (Wildman–Crippen LogP) is -2.65. The third-order valence-corrected chi connectivity index (χ3v) is 2.14. The summed E-state index contributed by atoms with van der Waals surface area (Å²) < 4.78 is 9.32. The van der Waals surface area contributed by atoms with E-state index >= 15 is 0 Å². The van der Waals surface area contributed by atoms with Crippen LogP contribution in [0.25, 0.3) is 0 Å². The Hall–Kier alpha value is -0.730. The molecule has 0 saturated carbocycles. The monoisotopic (exact) mass is 222 g/mol. The van der Waals surface area contributed by atoms with E-state index in [1.165, 1.54) is 0 Å². The number of rotatable bonds is 2. The maximum absolute atomic E-state index is 10.6. The Morgan fingerprint density at radius 2 is 1.93 bits per heavy atom. The third-order valence-electron chi connectivity index (χ3n) is 2.14. The molecular weight excluding hydrogens is 208 g/mol. The molecule has 0 radical (unpaired) electrons. The Bertz CT molecular complexity index is 231. The van der Waals surface area contributed by atoms with Gasteiger partial charge in [0.2, 0.25) is 0 Å². The Balaban J connectivity index is 2.70. The van der Waals surface area contributed by atoms with Gasteiger partial charge in [0.25, 0.3) is 0 Å². The van der Waals surface area contributed by atoms with Crippen molar-refractivity contribution in [1.82, 2.24) is 0 Å². The van der Waals surface area contributed by atoms with Crippen LogP contribution in [0.15, 0.2) is 0 Å². The van der Waals surface area contributed by atoms with Crippen molar-refractivity contribution in [3.8, 4) is 0 Å². The summed E-state index contributed by atoms with van der Waals surface area (Å²) >= 11 is 0. The molecule has 0 unspecified atom stereocenters. The van der Waals surface area contributed by atoms with Crippen molar-refractivity contribution in [3.05, 3.63) is 0 Å². The van der Waals surface area contributed by atoms with Crippen LogP contribution in [0.2, 0.25) is 0 Å². The Morgan fingerprint density at radius 1 is 1.33 bits per heavy atom. The minimum Gasteiger partial charge on any atom is -0.454 e. The molecule has 0 aromatic rings. The topological polar surface area (TPSA) is 116 Å². The first-order valence-electron chi connectivity index (χ1n) is 4.45. The lowest BCUT2D eigenvalue weighted by Crippen LogP contribution is -2.59. The maximum atomic E-state index is 10.6. The number of aliphatic hydroxyl groups excluding tert-OH is 4.